The van der Waals surface area contributed by atoms with E-state index < -0.39 is 0 Å². The van der Waals surface area contributed by atoms with E-state index in [1.54, 1.807) is 12.1 Å². The van der Waals surface area contributed by atoms with Crippen LogP contribution in [-0.4, -0.2) is 97.4 Å². The summed E-state index contributed by atoms with van der Waals surface area (Å²) >= 11 is 0. The van der Waals surface area contributed by atoms with Crippen molar-refractivity contribution in [1.82, 2.24) is 19.6 Å². The first-order valence-corrected chi connectivity index (χ1v) is 8.65. The quantitative estimate of drug-likeness (QED) is 0.787. The van der Waals surface area contributed by atoms with Gasteiger partial charge in [-0.1, -0.05) is 0 Å². The van der Waals surface area contributed by atoms with Gasteiger partial charge in [0.1, 0.15) is 0 Å². The number of amides is 2. The molecule has 1 aromatic heterocycles. The highest BCUT2D eigenvalue weighted by Gasteiger charge is 2.25. The van der Waals surface area contributed by atoms with Crippen LogP contribution in [0.15, 0.2) is 22.8 Å². The number of hydrogen-bond donors (Lipinski definition) is 0. The van der Waals surface area contributed by atoms with Crippen molar-refractivity contribution in [3.63, 3.8) is 0 Å². The predicted molar refractivity (Wildman–Crippen MR) is 89.7 cm³/mol. The normalized spacial score (nSPS) is 20.4. The van der Waals surface area contributed by atoms with Gasteiger partial charge in [-0.2, -0.15) is 0 Å². The van der Waals surface area contributed by atoms with Crippen LogP contribution in [0.1, 0.15) is 17.0 Å². The Kier molecular flexibility index (Phi) is 5.52. The lowest BCUT2D eigenvalue weighted by Gasteiger charge is -2.35. The van der Waals surface area contributed by atoms with Gasteiger partial charge >= 0.3 is 0 Å². The highest BCUT2D eigenvalue weighted by molar-refractivity contribution is 5.91. The SMILES string of the molecule is CN1CCN(C(=O)CCN2CCN(C(=O)c3ccco3)CC2)CC1. The summed E-state index contributed by atoms with van der Waals surface area (Å²) in [5, 5.41) is 0. The van der Waals surface area contributed by atoms with Crippen LogP contribution < -0.4 is 0 Å². The molecular weight excluding hydrogens is 308 g/mol. The monoisotopic (exact) mass is 334 g/mol. The number of carbonyl (C=O) groups excluding carboxylic acids is 2. The maximum Gasteiger partial charge on any atom is 0.289 e. The Morgan fingerprint density at radius 3 is 2.29 bits per heavy atom. The van der Waals surface area contributed by atoms with Gasteiger partial charge in [0.05, 0.1) is 6.26 Å². The Labute approximate surface area is 142 Å². The number of likely N-dealkylation sites (N-methyl/N-ethyl adjacent to an activating group) is 1. The fourth-order valence-corrected chi connectivity index (χ4v) is 3.20. The smallest absolute Gasteiger partial charge is 0.289 e. The first kappa shape index (κ1) is 17.0. The van der Waals surface area contributed by atoms with E-state index in [1.165, 1.54) is 6.26 Å². The molecule has 2 aliphatic rings. The van der Waals surface area contributed by atoms with Crippen LogP contribution in [0.25, 0.3) is 0 Å². The zero-order chi connectivity index (χ0) is 16.9. The number of hydrogen-bond acceptors (Lipinski definition) is 5. The molecular formula is C17H26N4O3. The summed E-state index contributed by atoms with van der Waals surface area (Å²) in [5.41, 5.74) is 0. The molecule has 132 valence electrons. The molecule has 0 spiro atoms. The minimum atomic E-state index is -0.0480. The lowest BCUT2D eigenvalue weighted by atomic mass is 10.2. The zero-order valence-corrected chi connectivity index (χ0v) is 14.3. The molecule has 7 heteroatoms. The third-order valence-electron chi connectivity index (χ3n) is 4.89. The molecule has 2 fully saturated rings. The Morgan fingerprint density at radius 2 is 1.67 bits per heavy atom. The van der Waals surface area contributed by atoms with Crippen LogP contribution in [0.4, 0.5) is 0 Å². The van der Waals surface area contributed by atoms with E-state index in [0.29, 0.717) is 25.3 Å². The molecule has 0 N–H and O–H groups in total. The van der Waals surface area contributed by atoms with Gasteiger partial charge in [0, 0.05) is 65.3 Å². The topological polar surface area (TPSA) is 60.2 Å². The molecule has 2 saturated heterocycles. The van der Waals surface area contributed by atoms with Crippen molar-refractivity contribution in [2.24, 2.45) is 0 Å². The summed E-state index contributed by atoms with van der Waals surface area (Å²) in [4.78, 5) is 32.8. The first-order valence-electron chi connectivity index (χ1n) is 8.65. The van der Waals surface area contributed by atoms with Gasteiger partial charge in [-0.05, 0) is 19.2 Å². The average Bonchev–Trinajstić information content (AvgIpc) is 3.15. The van der Waals surface area contributed by atoms with Crippen LogP contribution in [0.5, 0.6) is 0 Å². The molecule has 2 amide bonds. The lowest BCUT2D eigenvalue weighted by molar-refractivity contribution is -0.133. The molecule has 0 aromatic carbocycles. The van der Waals surface area contributed by atoms with Gasteiger partial charge < -0.3 is 19.1 Å². The summed E-state index contributed by atoms with van der Waals surface area (Å²) in [6.45, 7) is 7.34. The first-order chi connectivity index (χ1) is 11.6. The highest BCUT2D eigenvalue weighted by Crippen LogP contribution is 2.10. The Morgan fingerprint density at radius 1 is 1.00 bits per heavy atom. The second-order valence-corrected chi connectivity index (χ2v) is 6.55. The minimum Gasteiger partial charge on any atom is -0.459 e. The van der Waals surface area contributed by atoms with E-state index in [9.17, 15) is 9.59 Å². The van der Waals surface area contributed by atoms with Crippen molar-refractivity contribution in [1.29, 1.82) is 0 Å². The largest absolute Gasteiger partial charge is 0.459 e. The van der Waals surface area contributed by atoms with Crippen LogP contribution in [0, 0.1) is 0 Å². The Bertz CT molecular complexity index is 544. The minimum absolute atomic E-state index is 0.0480. The van der Waals surface area contributed by atoms with E-state index in [4.69, 9.17) is 4.42 Å². The predicted octanol–water partition coefficient (Wildman–Crippen LogP) is 0.202. The zero-order valence-electron chi connectivity index (χ0n) is 14.3. The Hall–Kier alpha value is -1.86. The molecule has 0 aliphatic carbocycles. The van der Waals surface area contributed by atoms with Crippen molar-refractivity contribution >= 4 is 11.8 Å². The van der Waals surface area contributed by atoms with Crippen molar-refractivity contribution in [2.45, 2.75) is 6.42 Å². The van der Waals surface area contributed by atoms with Crippen LogP contribution in [0.2, 0.25) is 0 Å². The molecule has 0 saturated carbocycles. The summed E-state index contributed by atoms with van der Waals surface area (Å²) < 4.78 is 5.17. The average molecular weight is 334 g/mol. The molecule has 1 aromatic rings. The molecule has 0 radical (unpaired) electrons. The second kappa shape index (κ2) is 7.81. The van der Waals surface area contributed by atoms with Crippen molar-refractivity contribution in [2.75, 3.05) is 66.0 Å². The van der Waals surface area contributed by atoms with E-state index in [1.807, 2.05) is 9.80 Å². The van der Waals surface area contributed by atoms with Gasteiger partial charge in [-0.3, -0.25) is 14.5 Å². The summed E-state index contributed by atoms with van der Waals surface area (Å²) in [5.74, 6) is 0.596. The van der Waals surface area contributed by atoms with E-state index in [0.717, 1.165) is 45.8 Å². The van der Waals surface area contributed by atoms with E-state index >= 15 is 0 Å². The number of rotatable bonds is 4. The molecule has 7 nitrogen and oxygen atoms in total. The van der Waals surface area contributed by atoms with Crippen LogP contribution >= 0.6 is 0 Å². The number of nitrogens with zero attached hydrogens (tertiary/aromatic N) is 4. The third-order valence-corrected chi connectivity index (χ3v) is 4.89. The van der Waals surface area contributed by atoms with E-state index in [-0.39, 0.29) is 11.8 Å². The second-order valence-electron chi connectivity index (χ2n) is 6.55. The standard InChI is InChI=1S/C17H26N4O3/c1-18-6-10-20(11-7-18)16(22)4-5-19-8-12-21(13-9-19)17(23)15-3-2-14-24-15/h2-3,14H,4-13H2,1H3. The number of furan rings is 1. The van der Waals surface area contributed by atoms with Gasteiger partial charge in [0.2, 0.25) is 5.91 Å². The van der Waals surface area contributed by atoms with Gasteiger partial charge in [-0.15, -0.1) is 0 Å². The third kappa shape index (κ3) is 4.15. The van der Waals surface area contributed by atoms with Crippen LogP contribution in [-0.2, 0) is 4.79 Å². The maximum atomic E-state index is 12.3. The molecule has 0 atom stereocenters. The summed E-state index contributed by atoms with van der Waals surface area (Å²) in [6, 6.07) is 3.43. The molecule has 0 bridgehead atoms. The number of carbonyl (C=O) groups is 2. The van der Waals surface area contributed by atoms with Crippen LogP contribution in [0.3, 0.4) is 0 Å². The van der Waals surface area contributed by atoms with Crippen molar-refractivity contribution in [3.05, 3.63) is 24.2 Å². The van der Waals surface area contributed by atoms with Crippen molar-refractivity contribution < 1.29 is 14.0 Å². The molecule has 2 aliphatic heterocycles. The summed E-state index contributed by atoms with van der Waals surface area (Å²) in [7, 11) is 2.09. The van der Waals surface area contributed by atoms with Gasteiger partial charge in [0.15, 0.2) is 5.76 Å². The van der Waals surface area contributed by atoms with Gasteiger partial charge in [0.25, 0.3) is 5.91 Å². The fourth-order valence-electron chi connectivity index (χ4n) is 3.20. The fraction of sp³-hybridized carbons (Fsp3) is 0.647. The molecule has 0 unspecified atom stereocenters. The summed E-state index contributed by atoms with van der Waals surface area (Å²) in [6.07, 6.45) is 2.09. The Balaban J connectivity index is 1.38. The van der Waals surface area contributed by atoms with E-state index in [2.05, 4.69) is 16.8 Å². The highest BCUT2D eigenvalue weighted by atomic mass is 16.3. The van der Waals surface area contributed by atoms with Crippen molar-refractivity contribution in [3.8, 4) is 0 Å². The molecule has 3 heterocycles. The van der Waals surface area contributed by atoms with Gasteiger partial charge in [-0.25, -0.2) is 0 Å². The lowest BCUT2D eigenvalue weighted by Crippen LogP contribution is -2.50. The maximum absolute atomic E-state index is 12.3. The molecule has 3 rings (SSSR count). The number of piperazine rings is 2. The molecule has 24 heavy (non-hydrogen) atoms.